The summed E-state index contributed by atoms with van der Waals surface area (Å²) >= 11 is 0. The summed E-state index contributed by atoms with van der Waals surface area (Å²) in [6, 6.07) is 1.61. The topological polar surface area (TPSA) is 108 Å². The second-order valence-electron chi connectivity index (χ2n) is 3.77. The van der Waals surface area contributed by atoms with E-state index in [2.05, 4.69) is 32.7 Å². The van der Waals surface area contributed by atoms with Crippen molar-refractivity contribution in [2.45, 2.75) is 19.8 Å². The number of nitrogens with two attached hydrogens (primary N) is 1. The molecule has 0 aliphatic rings. The highest BCUT2D eigenvalue weighted by Crippen LogP contribution is 1.89. The number of carbonyl (C=O) groups is 1. The van der Waals surface area contributed by atoms with Gasteiger partial charge in [-0.05, 0) is 12.5 Å². The van der Waals surface area contributed by atoms with Gasteiger partial charge in [-0.25, -0.2) is 0 Å². The maximum atomic E-state index is 11.5. The van der Waals surface area contributed by atoms with Gasteiger partial charge in [0.05, 0.1) is 0 Å². The maximum Gasteiger partial charge on any atom is 0.269 e. The number of guanidine groups is 1. The molecule has 8 heteroatoms. The quantitative estimate of drug-likeness (QED) is 0.239. The first kappa shape index (κ1) is 17.7. The summed E-state index contributed by atoms with van der Waals surface area (Å²) in [6.07, 6.45) is 3.65. The largest absolute Gasteiger partial charge is 0.370 e. The molecule has 0 saturated carbocycles. The number of aliphatic imine (C=N–C) groups is 1. The van der Waals surface area contributed by atoms with Crippen molar-refractivity contribution in [2.75, 3.05) is 19.6 Å². The Labute approximate surface area is 129 Å². The number of aromatic amines is 1. The lowest BCUT2D eigenvalue weighted by Gasteiger charge is -2.06. The fourth-order valence-electron chi connectivity index (χ4n) is 1.26. The van der Waals surface area contributed by atoms with Crippen LogP contribution < -0.4 is 16.4 Å². The molecular weight excluding hydrogens is 359 g/mol. The molecule has 0 aliphatic heterocycles. The normalized spacial score (nSPS) is 10.7. The number of amides is 1. The van der Waals surface area contributed by atoms with Gasteiger partial charge in [-0.15, -0.1) is 24.0 Å². The molecule has 0 spiro atoms. The van der Waals surface area contributed by atoms with E-state index in [0.29, 0.717) is 24.7 Å². The van der Waals surface area contributed by atoms with Crippen LogP contribution >= 0.6 is 24.0 Å². The molecule has 5 N–H and O–H groups in total. The van der Waals surface area contributed by atoms with Gasteiger partial charge in [0.25, 0.3) is 5.91 Å². The number of hydrogen-bond donors (Lipinski definition) is 4. The number of unbranched alkanes of at least 4 members (excludes halogenated alkanes) is 1. The number of halogens is 1. The Morgan fingerprint density at radius 3 is 2.84 bits per heavy atom. The molecule has 0 saturated heterocycles. The second-order valence-corrected chi connectivity index (χ2v) is 3.77. The smallest absolute Gasteiger partial charge is 0.269 e. The van der Waals surface area contributed by atoms with Crippen LogP contribution in [0.15, 0.2) is 17.3 Å². The third kappa shape index (κ3) is 7.65. The van der Waals surface area contributed by atoms with E-state index in [1.807, 2.05) is 0 Å². The first-order valence-electron chi connectivity index (χ1n) is 6.05. The summed E-state index contributed by atoms with van der Waals surface area (Å²) in [4.78, 5) is 15.6. The van der Waals surface area contributed by atoms with E-state index >= 15 is 0 Å². The molecule has 7 nitrogen and oxygen atoms in total. The number of H-pyrrole nitrogens is 1. The molecule has 0 bridgehead atoms. The highest BCUT2D eigenvalue weighted by Gasteiger charge is 2.04. The summed E-state index contributed by atoms with van der Waals surface area (Å²) in [5.74, 6) is 0.232. The molecule has 1 amide bonds. The molecule has 1 aromatic rings. The van der Waals surface area contributed by atoms with Gasteiger partial charge in [0.2, 0.25) is 0 Å². The van der Waals surface area contributed by atoms with Gasteiger partial charge in [0.15, 0.2) is 5.96 Å². The Balaban J connectivity index is 0.00000324. The van der Waals surface area contributed by atoms with Crippen LogP contribution in [0.1, 0.15) is 30.3 Å². The Hall–Kier alpha value is -1.32. The number of nitrogens with zero attached hydrogens (tertiary/aromatic N) is 2. The van der Waals surface area contributed by atoms with Crippen LogP contribution in [0.25, 0.3) is 0 Å². The van der Waals surface area contributed by atoms with E-state index in [-0.39, 0.29) is 29.9 Å². The lowest BCUT2D eigenvalue weighted by Crippen LogP contribution is -2.38. The molecule has 1 heterocycles. The van der Waals surface area contributed by atoms with Crippen LogP contribution in [-0.4, -0.2) is 41.7 Å². The average molecular weight is 380 g/mol. The monoisotopic (exact) mass is 380 g/mol. The van der Waals surface area contributed by atoms with Crippen LogP contribution in [0.2, 0.25) is 0 Å². The minimum atomic E-state index is -0.184. The van der Waals surface area contributed by atoms with Crippen molar-refractivity contribution in [3.05, 3.63) is 18.0 Å². The van der Waals surface area contributed by atoms with Crippen LogP contribution in [0.5, 0.6) is 0 Å². The van der Waals surface area contributed by atoms with Crippen LogP contribution in [-0.2, 0) is 0 Å². The van der Waals surface area contributed by atoms with E-state index in [1.165, 1.54) is 6.20 Å². The van der Waals surface area contributed by atoms with Gasteiger partial charge < -0.3 is 16.4 Å². The molecule has 0 fully saturated rings. The molecule has 19 heavy (non-hydrogen) atoms. The number of hydrogen-bond acceptors (Lipinski definition) is 3. The molecule has 1 aromatic heterocycles. The fourth-order valence-corrected chi connectivity index (χ4v) is 1.26. The summed E-state index contributed by atoms with van der Waals surface area (Å²) in [7, 11) is 0. The van der Waals surface area contributed by atoms with E-state index in [4.69, 9.17) is 5.73 Å². The van der Waals surface area contributed by atoms with Crippen molar-refractivity contribution in [1.29, 1.82) is 0 Å². The molecule has 0 radical (unpaired) electrons. The first-order valence-corrected chi connectivity index (χ1v) is 6.05. The average Bonchev–Trinajstić information content (AvgIpc) is 2.88. The van der Waals surface area contributed by atoms with Crippen LogP contribution in [0.4, 0.5) is 0 Å². The van der Waals surface area contributed by atoms with Crippen molar-refractivity contribution in [2.24, 2.45) is 10.7 Å². The Bertz CT molecular complexity index is 379. The number of aromatic nitrogens is 2. The zero-order valence-electron chi connectivity index (χ0n) is 11.0. The highest BCUT2D eigenvalue weighted by atomic mass is 127. The Morgan fingerprint density at radius 1 is 1.47 bits per heavy atom. The third-order valence-corrected chi connectivity index (χ3v) is 2.26. The van der Waals surface area contributed by atoms with Crippen molar-refractivity contribution in [3.63, 3.8) is 0 Å². The molecule has 0 atom stereocenters. The first-order chi connectivity index (χ1) is 8.74. The number of nitrogens with one attached hydrogen (secondary N) is 3. The summed E-state index contributed by atoms with van der Waals surface area (Å²) < 4.78 is 0. The van der Waals surface area contributed by atoms with Crippen molar-refractivity contribution in [3.8, 4) is 0 Å². The molecule has 1 rings (SSSR count). The lowest BCUT2D eigenvalue weighted by molar-refractivity contribution is 0.0949. The van der Waals surface area contributed by atoms with Gasteiger partial charge >= 0.3 is 0 Å². The summed E-state index contributed by atoms with van der Waals surface area (Å²) in [6.45, 7) is 3.85. The van der Waals surface area contributed by atoms with Gasteiger partial charge in [0, 0.05) is 25.8 Å². The van der Waals surface area contributed by atoms with Gasteiger partial charge in [-0.1, -0.05) is 13.3 Å². The molecule has 0 unspecified atom stereocenters. The molecule has 0 aliphatic carbocycles. The van der Waals surface area contributed by atoms with E-state index in [9.17, 15) is 4.79 Å². The zero-order valence-corrected chi connectivity index (χ0v) is 13.3. The second kappa shape index (κ2) is 10.6. The number of rotatable bonds is 7. The highest BCUT2D eigenvalue weighted by molar-refractivity contribution is 14.0. The standard InChI is InChI=1S/C11H20N6O.HI/c1-2-3-5-14-11(12)15-8-7-13-10(18)9-4-6-16-17-9;/h4,6H,2-3,5,7-8H2,1H3,(H,13,18)(H,16,17)(H3,12,14,15);1H. The minimum Gasteiger partial charge on any atom is -0.370 e. The van der Waals surface area contributed by atoms with Crippen molar-refractivity contribution < 1.29 is 4.79 Å². The van der Waals surface area contributed by atoms with E-state index in [1.54, 1.807) is 6.07 Å². The minimum absolute atomic E-state index is 0. The van der Waals surface area contributed by atoms with Gasteiger partial charge in [0.1, 0.15) is 5.69 Å². The third-order valence-electron chi connectivity index (χ3n) is 2.26. The van der Waals surface area contributed by atoms with Crippen molar-refractivity contribution in [1.82, 2.24) is 20.8 Å². The van der Waals surface area contributed by atoms with E-state index < -0.39 is 0 Å². The number of carbonyl (C=O) groups excluding carboxylic acids is 1. The van der Waals surface area contributed by atoms with E-state index in [0.717, 1.165) is 19.4 Å². The molecular formula is C11H21IN6O. The maximum absolute atomic E-state index is 11.5. The zero-order chi connectivity index (χ0) is 13.2. The summed E-state index contributed by atoms with van der Waals surface area (Å²) in [5.41, 5.74) is 6.08. The molecule has 108 valence electrons. The Morgan fingerprint density at radius 2 is 2.21 bits per heavy atom. The summed E-state index contributed by atoms with van der Waals surface area (Å²) in [5, 5.41) is 11.9. The van der Waals surface area contributed by atoms with Crippen LogP contribution in [0, 0.1) is 0 Å². The predicted molar refractivity (Wildman–Crippen MR) is 85.7 cm³/mol. The fraction of sp³-hybridized carbons (Fsp3) is 0.545. The SMILES string of the molecule is CCCCN=C(N)NCCNC(=O)c1ccn[nH]1.I. The van der Waals surface area contributed by atoms with Crippen LogP contribution in [0.3, 0.4) is 0 Å². The van der Waals surface area contributed by atoms with Gasteiger partial charge in [-0.3, -0.25) is 14.9 Å². The predicted octanol–water partition coefficient (Wildman–Crippen LogP) is 0.462. The Kier molecular flexibility index (Phi) is 9.85. The molecule has 0 aromatic carbocycles. The van der Waals surface area contributed by atoms with Crippen molar-refractivity contribution >= 4 is 35.8 Å². The lowest BCUT2D eigenvalue weighted by atomic mass is 10.3. The van der Waals surface area contributed by atoms with Gasteiger partial charge in [-0.2, -0.15) is 5.10 Å².